The van der Waals surface area contributed by atoms with E-state index in [4.69, 9.17) is 9.84 Å². The number of amides is 1. The average molecular weight is 357 g/mol. The highest BCUT2D eigenvalue weighted by Gasteiger charge is 2.40. The Bertz CT molecular complexity index is 828. The fraction of sp³-hybridized carbons (Fsp3) is 0.381. The quantitative estimate of drug-likeness (QED) is 0.793. The van der Waals surface area contributed by atoms with Crippen LogP contribution in [0.1, 0.15) is 44.9 Å². The van der Waals surface area contributed by atoms with Gasteiger partial charge in [-0.3, -0.25) is 0 Å². The number of rotatable bonds is 4. The molecule has 0 spiro atoms. The Morgan fingerprint density at radius 3 is 2.50 bits per heavy atom. The molecule has 1 amide bonds. The van der Waals surface area contributed by atoms with E-state index in [0.717, 1.165) is 22.4 Å². The smallest absolute Gasteiger partial charge is 0.405 e. The van der Waals surface area contributed by atoms with E-state index >= 15 is 0 Å². The summed E-state index contributed by atoms with van der Waals surface area (Å²) in [5, 5.41) is 11.6. The van der Waals surface area contributed by atoms with Crippen LogP contribution in [-0.2, 0) is 6.42 Å². The van der Waals surface area contributed by atoms with E-state index in [2.05, 4.69) is 5.32 Å². The van der Waals surface area contributed by atoms with Crippen LogP contribution in [0.5, 0.6) is 5.75 Å². The van der Waals surface area contributed by atoms with Crippen LogP contribution in [0, 0.1) is 11.2 Å². The SMILES string of the molecule is CC(C)Oc1ccc(-c2cc3c(cc2F)[C@H](NC(=O)O)C(C)(C)C3)cc1. The van der Waals surface area contributed by atoms with E-state index in [0.29, 0.717) is 12.0 Å². The number of carbonyl (C=O) groups is 1. The molecule has 0 aromatic heterocycles. The Morgan fingerprint density at radius 1 is 1.27 bits per heavy atom. The minimum absolute atomic E-state index is 0.0819. The molecule has 1 aliphatic carbocycles. The zero-order valence-electron chi connectivity index (χ0n) is 15.5. The molecule has 0 saturated heterocycles. The van der Waals surface area contributed by atoms with Crippen LogP contribution in [0.4, 0.5) is 9.18 Å². The van der Waals surface area contributed by atoms with Crippen LogP contribution in [0.15, 0.2) is 36.4 Å². The molecular weight excluding hydrogens is 333 g/mol. The first kappa shape index (κ1) is 18.2. The minimum Gasteiger partial charge on any atom is -0.491 e. The Labute approximate surface area is 153 Å². The topological polar surface area (TPSA) is 58.6 Å². The van der Waals surface area contributed by atoms with Crippen molar-refractivity contribution in [3.63, 3.8) is 0 Å². The molecular formula is C21H24FNO3. The first-order chi connectivity index (χ1) is 12.2. The summed E-state index contributed by atoms with van der Waals surface area (Å²) >= 11 is 0. The first-order valence-corrected chi connectivity index (χ1v) is 8.76. The van der Waals surface area contributed by atoms with Gasteiger partial charge in [0.05, 0.1) is 12.1 Å². The molecule has 0 bridgehead atoms. The number of ether oxygens (including phenoxy) is 1. The molecule has 138 valence electrons. The highest BCUT2D eigenvalue weighted by atomic mass is 19.1. The fourth-order valence-corrected chi connectivity index (χ4v) is 3.67. The predicted octanol–water partition coefficient (Wildman–Crippen LogP) is 5.17. The van der Waals surface area contributed by atoms with Crippen LogP contribution < -0.4 is 10.1 Å². The third kappa shape index (κ3) is 3.52. The molecule has 4 nitrogen and oxygen atoms in total. The minimum atomic E-state index is -1.10. The van der Waals surface area contributed by atoms with Gasteiger partial charge in [0, 0.05) is 5.56 Å². The molecule has 1 atom stereocenters. The zero-order chi connectivity index (χ0) is 19.1. The van der Waals surface area contributed by atoms with Gasteiger partial charge in [-0.1, -0.05) is 26.0 Å². The maximum absolute atomic E-state index is 14.8. The van der Waals surface area contributed by atoms with Gasteiger partial charge in [-0.15, -0.1) is 0 Å². The van der Waals surface area contributed by atoms with Crippen LogP contribution in [0.25, 0.3) is 11.1 Å². The van der Waals surface area contributed by atoms with Gasteiger partial charge in [0.1, 0.15) is 11.6 Å². The van der Waals surface area contributed by atoms with Crippen molar-refractivity contribution in [2.75, 3.05) is 0 Å². The third-order valence-corrected chi connectivity index (χ3v) is 4.77. The van der Waals surface area contributed by atoms with E-state index in [-0.39, 0.29) is 17.3 Å². The second kappa shape index (κ2) is 6.63. The summed E-state index contributed by atoms with van der Waals surface area (Å²) in [7, 11) is 0. The van der Waals surface area contributed by atoms with Crippen LogP contribution >= 0.6 is 0 Å². The van der Waals surface area contributed by atoms with Crippen molar-refractivity contribution in [1.29, 1.82) is 0 Å². The molecule has 0 radical (unpaired) electrons. The molecule has 5 heteroatoms. The van der Waals surface area contributed by atoms with Crippen molar-refractivity contribution in [3.8, 4) is 16.9 Å². The zero-order valence-corrected chi connectivity index (χ0v) is 15.5. The molecule has 2 aromatic rings. The van der Waals surface area contributed by atoms with Gasteiger partial charge in [-0.25, -0.2) is 9.18 Å². The van der Waals surface area contributed by atoms with E-state index in [1.165, 1.54) is 6.07 Å². The molecule has 3 rings (SSSR count). The summed E-state index contributed by atoms with van der Waals surface area (Å²) in [6, 6.07) is 10.2. The van der Waals surface area contributed by atoms with Crippen molar-refractivity contribution in [1.82, 2.24) is 5.32 Å². The number of hydrogen-bond acceptors (Lipinski definition) is 2. The predicted molar refractivity (Wildman–Crippen MR) is 99.0 cm³/mol. The summed E-state index contributed by atoms with van der Waals surface area (Å²) < 4.78 is 20.4. The number of benzene rings is 2. The lowest BCUT2D eigenvalue weighted by Gasteiger charge is -2.27. The second-order valence-electron chi connectivity index (χ2n) is 7.77. The van der Waals surface area contributed by atoms with Crippen molar-refractivity contribution in [3.05, 3.63) is 53.3 Å². The molecule has 2 aromatic carbocycles. The number of halogens is 1. The molecule has 2 N–H and O–H groups in total. The maximum atomic E-state index is 14.8. The van der Waals surface area contributed by atoms with Crippen molar-refractivity contribution in [2.45, 2.75) is 46.3 Å². The van der Waals surface area contributed by atoms with Gasteiger partial charge in [-0.2, -0.15) is 0 Å². The van der Waals surface area contributed by atoms with Crippen molar-refractivity contribution >= 4 is 6.09 Å². The Morgan fingerprint density at radius 2 is 1.92 bits per heavy atom. The second-order valence-corrected chi connectivity index (χ2v) is 7.77. The molecule has 1 aliphatic rings. The van der Waals surface area contributed by atoms with E-state index in [1.54, 1.807) is 0 Å². The highest BCUT2D eigenvalue weighted by molar-refractivity contribution is 5.69. The summed E-state index contributed by atoms with van der Waals surface area (Å²) in [6.45, 7) is 7.89. The Balaban J connectivity index is 1.96. The molecule has 0 heterocycles. The average Bonchev–Trinajstić information content (AvgIpc) is 2.77. The Hall–Kier alpha value is -2.56. The highest BCUT2D eigenvalue weighted by Crippen LogP contribution is 2.46. The van der Waals surface area contributed by atoms with E-state index < -0.39 is 12.1 Å². The lowest BCUT2D eigenvalue weighted by Crippen LogP contribution is -2.34. The van der Waals surface area contributed by atoms with Crippen LogP contribution in [0.3, 0.4) is 0 Å². The van der Waals surface area contributed by atoms with Gasteiger partial charge in [0.15, 0.2) is 0 Å². The standard InChI is InChI=1S/C21H24FNO3/c1-12(2)26-15-7-5-13(6-8-15)16-9-14-11-21(3,4)19(23-20(24)25)17(14)10-18(16)22/h5-10,12,19,23H,11H2,1-4H3,(H,24,25)/t19-/m0/s1. The number of hydrogen-bond donors (Lipinski definition) is 2. The lowest BCUT2D eigenvalue weighted by atomic mass is 9.85. The van der Waals surface area contributed by atoms with E-state index in [1.807, 2.05) is 58.0 Å². The molecule has 0 aliphatic heterocycles. The van der Waals surface area contributed by atoms with Crippen LogP contribution in [0.2, 0.25) is 0 Å². The van der Waals surface area contributed by atoms with Gasteiger partial charge < -0.3 is 15.2 Å². The fourth-order valence-electron chi connectivity index (χ4n) is 3.67. The third-order valence-electron chi connectivity index (χ3n) is 4.77. The summed E-state index contributed by atoms with van der Waals surface area (Å²) in [6.07, 6.45) is -0.325. The summed E-state index contributed by atoms with van der Waals surface area (Å²) in [4.78, 5) is 11.1. The van der Waals surface area contributed by atoms with E-state index in [9.17, 15) is 9.18 Å². The number of nitrogens with one attached hydrogen (secondary N) is 1. The first-order valence-electron chi connectivity index (χ1n) is 8.76. The molecule has 0 unspecified atom stereocenters. The number of carboxylic acid groups (broad SMARTS) is 1. The molecule has 0 fully saturated rings. The lowest BCUT2D eigenvalue weighted by molar-refractivity contribution is 0.175. The molecule has 0 saturated carbocycles. The summed E-state index contributed by atoms with van der Waals surface area (Å²) in [5.41, 5.74) is 2.69. The largest absolute Gasteiger partial charge is 0.491 e. The van der Waals surface area contributed by atoms with Gasteiger partial charge in [-0.05, 0) is 66.6 Å². The van der Waals surface area contributed by atoms with Gasteiger partial charge in [0.2, 0.25) is 0 Å². The number of fused-ring (bicyclic) bond motifs is 1. The van der Waals surface area contributed by atoms with Gasteiger partial charge >= 0.3 is 6.09 Å². The maximum Gasteiger partial charge on any atom is 0.405 e. The Kier molecular flexibility index (Phi) is 4.65. The van der Waals surface area contributed by atoms with Crippen LogP contribution in [-0.4, -0.2) is 17.3 Å². The van der Waals surface area contributed by atoms with Crippen molar-refractivity contribution in [2.24, 2.45) is 5.41 Å². The molecule has 26 heavy (non-hydrogen) atoms. The van der Waals surface area contributed by atoms with Gasteiger partial charge in [0.25, 0.3) is 0 Å². The summed E-state index contributed by atoms with van der Waals surface area (Å²) in [5.74, 6) is 0.397. The normalized spacial score (nSPS) is 17.8. The monoisotopic (exact) mass is 357 g/mol. The van der Waals surface area contributed by atoms with Crippen molar-refractivity contribution < 1.29 is 19.0 Å².